The Morgan fingerprint density at radius 1 is 0.571 bits per heavy atom. The van der Waals surface area contributed by atoms with Crippen LogP contribution < -0.4 is 0 Å². The van der Waals surface area contributed by atoms with Gasteiger partial charge in [0.25, 0.3) is 0 Å². The van der Waals surface area contributed by atoms with Crippen molar-refractivity contribution in [2.24, 2.45) is 0 Å². The van der Waals surface area contributed by atoms with E-state index in [2.05, 4.69) is 30.5 Å². The van der Waals surface area contributed by atoms with Crippen LogP contribution >= 0.6 is 0 Å². The maximum absolute atomic E-state index is 6.30. The highest BCUT2D eigenvalue weighted by molar-refractivity contribution is 6.60. The van der Waals surface area contributed by atoms with Gasteiger partial charge in [-0.1, -0.05) is 0 Å². The Labute approximate surface area is 212 Å². The van der Waals surface area contributed by atoms with E-state index >= 15 is 0 Å². The number of rotatable bonds is 25. The Balaban J connectivity index is 2.73. The molecule has 0 unspecified atom stereocenters. The van der Waals surface area contributed by atoms with E-state index in [1.807, 2.05) is 0 Å². The molecule has 0 amide bonds. The SMILES string of the molecule is COCCOCCO[Si](CCCn1c(C)ccc1C)(OCCOCCOC)OCCOCCOC. The van der Waals surface area contributed by atoms with Crippen LogP contribution in [0.1, 0.15) is 17.8 Å². The van der Waals surface area contributed by atoms with E-state index in [-0.39, 0.29) is 0 Å². The topological polar surface area (TPSA) is 88.0 Å². The summed E-state index contributed by atoms with van der Waals surface area (Å²) in [6.45, 7) is 10.8. The molecule has 1 aromatic rings. The van der Waals surface area contributed by atoms with Gasteiger partial charge in [-0.15, -0.1) is 0 Å². The minimum Gasteiger partial charge on any atom is -0.382 e. The fourth-order valence-electron chi connectivity index (χ4n) is 3.35. The van der Waals surface area contributed by atoms with E-state index in [9.17, 15) is 0 Å². The second kappa shape index (κ2) is 21.2. The standard InChI is InChI=1S/C24H47NO9Si/c1-23-7-8-24(2)25(23)9-6-22-35(32-19-16-29-13-10-26-3,33-20-17-30-14-11-27-4)34-21-18-31-15-12-28-5/h7-8H,6,9-22H2,1-5H3. The summed E-state index contributed by atoms with van der Waals surface area (Å²) in [7, 11) is 1.93. The fourth-order valence-corrected chi connectivity index (χ4v) is 5.81. The summed E-state index contributed by atoms with van der Waals surface area (Å²) in [5.74, 6) is 0. The molecule has 0 aromatic carbocycles. The van der Waals surface area contributed by atoms with Gasteiger partial charge in [-0.2, -0.15) is 0 Å². The van der Waals surface area contributed by atoms with Crippen LogP contribution in [0.3, 0.4) is 0 Å². The van der Waals surface area contributed by atoms with Gasteiger partial charge >= 0.3 is 8.80 Å². The van der Waals surface area contributed by atoms with Crippen molar-refractivity contribution in [3.63, 3.8) is 0 Å². The molecular weight excluding hydrogens is 474 g/mol. The number of hydrogen-bond donors (Lipinski definition) is 0. The zero-order chi connectivity index (χ0) is 25.6. The normalized spacial score (nSPS) is 12.0. The summed E-state index contributed by atoms with van der Waals surface area (Å²) >= 11 is 0. The Bertz CT molecular complexity index is 558. The van der Waals surface area contributed by atoms with Crippen LogP contribution in [0.25, 0.3) is 0 Å². The minimum absolute atomic E-state index is 0.382. The van der Waals surface area contributed by atoms with Crippen LogP contribution in [-0.2, 0) is 48.2 Å². The van der Waals surface area contributed by atoms with Crippen LogP contribution in [0, 0.1) is 13.8 Å². The highest BCUT2D eigenvalue weighted by Crippen LogP contribution is 2.20. The molecule has 0 aliphatic carbocycles. The predicted octanol–water partition coefficient (Wildman–Crippen LogP) is 2.47. The smallest absolute Gasteiger partial charge is 0.382 e. The zero-order valence-electron chi connectivity index (χ0n) is 22.4. The van der Waals surface area contributed by atoms with Gasteiger partial charge < -0.3 is 46.3 Å². The van der Waals surface area contributed by atoms with Gasteiger partial charge in [0.2, 0.25) is 0 Å². The number of nitrogens with zero attached hydrogens (tertiary/aromatic N) is 1. The first-order valence-corrected chi connectivity index (χ1v) is 14.3. The van der Waals surface area contributed by atoms with Crippen molar-refractivity contribution < 1.29 is 41.7 Å². The van der Waals surface area contributed by atoms with E-state index in [4.69, 9.17) is 41.7 Å². The number of ether oxygens (including phenoxy) is 6. The average Bonchev–Trinajstić information content (AvgIpc) is 3.17. The van der Waals surface area contributed by atoms with Crippen LogP contribution in [0.15, 0.2) is 12.1 Å². The Kier molecular flexibility index (Phi) is 19.5. The fraction of sp³-hybridized carbons (Fsp3) is 0.833. The van der Waals surface area contributed by atoms with Crippen LogP contribution in [0.2, 0.25) is 6.04 Å². The maximum Gasteiger partial charge on any atom is 0.501 e. The van der Waals surface area contributed by atoms with Crippen molar-refractivity contribution in [1.29, 1.82) is 0 Å². The Hall–Kier alpha value is -0.863. The first-order chi connectivity index (χ1) is 17.1. The molecule has 0 saturated heterocycles. The molecule has 0 radical (unpaired) electrons. The quantitative estimate of drug-likeness (QED) is 0.142. The lowest BCUT2D eigenvalue weighted by atomic mass is 10.4. The lowest BCUT2D eigenvalue weighted by molar-refractivity contribution is -0.0113. The van der Waals surface area contributed by atoms with Gasteiger partial charge in [-0.3, -0.25) is 0 Å². The van der Waals surface area contributed by atoms with Crippen molar-refractivity contribution in [2.45, 2.75) is 32.9 Å². The van der Waals surface area contributed by atoms with Gasteiger partial charge in [0.05, 0.1) is 79.3 Å². The van der Waals surface area contributed by atoms with Crippen LogP contribution in [-0.4, -0.2) is 114 Å². The molecular formula is C24H47NO9Si. The van der Waals surface area contributed by atoms with E-state index in [1.54, 1.807) is 21.3 Å². The summed E-state index contributed by atoms with van der Waals surface area (Å²) in [6.07, 6.45) is 0.863. The third-order valence-electron chi connectivity index (χ3n) is 5.23. The molecule has 1 heterocycles. The van der Waals surface area contributed by atoms with E-state index < -0.39 is 8.80 Å². The Morgan fingerprint density at radius 3 is 1.31 bits per heavy atom. The second-order valence-electron chi connectivity index (χ2n) is 7.92. The lowest BCUT2D eigenvalue weighted by Gasteiger charge is -2.30. The molecule has 0 aliphatic heterocycles. The number of aromatic nitrogens is 1. The molecule has 0 aliphatic rings. The third-order valence-corrected chi connectivity index (χ3v) is 8.12. The lowest BCUT2D eigenvalue weighted by Crippen LogP contribution is -2.48. The van der Waals surface area contributed by atoms with Crippen molar-refractivity contribution >= 4 is 8.80 Å². The molecule has 35 heavy (non-hydrogen) atoms. The monoisotopic (exact) mass is 521 g/mol. The third kappa shape index (κ3) is 15.1. The van der Waals surface area contributed by atoms with E-state index in [0.29, 0.717) is 85.3 Å². The molecule has 0 N–H and O–H groups in total. The molecule has 1 aromatic heterocycles. The summed E-state index contributed by atoms with van der Waals surface area (Å²) < 4.78 is 53.1. The summed E-state index contributed by atoms with van der Waals surface area (Å²) in [5, 5.41) is 0. The summed E-state index contributed by atoms with van der Waals surface area (Å²) in [5.41, 5.74) is 2.48. The number of aryl methyl sites for hydroxylation is 2. The van der Waals surface area contributed by atoms with E-state index in [0.717, 1.165) is 13.0 Å². The van der Waals surface area contributed by atoms with Crippen molar-refractivity contribution in [3.05, 3.63) is 23.5 Å². The number of methoxy groups -OCH3 is 3. The molecule has 11 heteroatoms. The number of hydrogen-bond acceptors (Lipinski definition) is 9. The first-order valence-electron chi connectivity index (χ1n) is 12.3. The summed E-state index contributed by atoms with van der Waals surface area (Å²) in [4.78, 5) is 0. The van der Waals surface area contributed by atoms with Gasteiger partial charge in [0.15, 0.2) is 0 Å². The highest BCUT2D eigenvalue weighted by atomic mass is 28.4. The van der Waals surface area contributed by atoms with E-state index in [1.165, 1.54) is 11.4 Å². The van der Waals surface area contributed by atoms with Crippen LogP contribution in [0.4, 0.5) is 0 Å². The van der Waals surface area contributed by atoms with Gasteiger partial charge in [0, 0.05) is 45.3 Å². The van der Waals surface area contributed by atoms with Gasteiger partial charge in [-0.25, -0.2) is 0 Å². The Morgan fingerprint density at radius 2 is 0.943 bits per heavy atom. The van der Waals surface area contributed by atoms with Gasteiger partial charge in [-0.05, 0) is 32.4 Å². The molecule has 0 spiro atoms. The van der Waals surface area contributed by atoms with Crippen molar-refractivity contribution in [3.8, 4) is 0 Å². The second-order valence-corrected chi connectivity index (χ2v) is 10.6. The molecule has 0 fully saturated rings. The minimum atomic E-state index is -3.02. The molecule has 206 valence electrons. The molecule has 0 bridgehead atoms. The molecule has 0 saturated carbocycles. The van der Waals surface area contributed by atoms with Crippen molar-refractivity contribution in [2.75, 3.05) is 101 Å². The van der Waals surface area contributed by atoms with Crippen molar-refractivity contribution in [1.82, 2.24) is 4.57 Å². The zero-order valence-corrected chi connectivity index (χ0v) is 23.4. The molecule has 1 rings (SSSR count). The summed E-state index contributed by atoms with van der Waals surface area (Å²) in [6, 6.07) is 4.95. The van der Waals surface area contributed by atoms with Crippen LogP contribution in [0.5, 0.6) is 0 Å². The average molecular weight is 522 g/mol. The predicted molar refractivity (Wildman–Crippen MR) is 135 cm³/mol. The maximum atomic E-state index is 6.30. The molecule has 0 atom stereocenters. The van der Waals surface area contributed by atoms with Gasteiger partial charge in [0.1, 0.15) is 0 Å². The molecule has 10 nitrogen and oxygen atoms in total. The largest absolute Gasteiger partial charge is 0.501 e. The first kappa shape index (κ1) is 32.2. The highest BCUT2D eigenvalue weighted by Gasteiger charge is 2.41.